The van der Waals surface area contributed by atoms with Crippen LogP contribution in [0.4, 0.5) is 17.6 Å². The molecule has 0 unspecified atom stereocenters. The van der Waals surface area contributed by atoms with Gasteiger partial charge in [0.2, 0.25) is 5.16 Å². The highest BCUT2D eigenvalue weighted by molar-refractivity contribution is 14.1. The van der Waals surface area contributed by atoms with Crippen LogP contribution in [-0.4, -0.2) is 26.7 Å². The summed E-state index contributed by atoms with van der Waals surface area (Å²) < 4.78 is 52.7. The first-order valence-electron chi connectivity index (χ1n) is 5.74. The molecular formula is C12H10F4IN3S. The van der Waals surface area contributed by atoms with E-state index in [9.17, 15) is 17.6 Å². The predicted octanol–water partition coefficient (Wildman–Crippen LogP) is 4.19. The molecule has 0 aliphatic heterocycles. The highest BCUT2D eigenvalue weighted by atomic mass is 127. The van der Waals surface area contributed by atoms with Crippen LogP contribution < -0.4 is 0 Å². The van der Waals surface area contributed by atoms with Crippen molar-refractivity contribution in [2.24, 2.45) is 7.05 Å². The van der Waals surface area contributed by atoms with Gasteiger partial charge in [-0.2, -0.15) is 13.2 Å². The standard InChI is InChI=1S/C12H10F4IN3S/c1-6-3-8(13)7(4-9(6)17)10-18-11(19-20(10)2)21-5-12(14,15)16/h3-4H,5H2,1-2H3. The van der Waals surface area contributed by atoms with E-state index in [-0.39, 0.29) is 16.5 Å². The van der Waals surface area contributed by atoms with E-state index in [1.165, 1.54) is 17.8 Å². The maximum Gasteiger partial charge on any atom is 0.398 e. The van der Waals surface area contributed by atoms with Gasteiger partial charge in [-0.25, -0.2) is 14.1 Å². The highest BCUT2D eigenvalue weighted by Crippen LogP contribution is 2.29. The summed E-state index contributed by atoms with van der Waals surface area (Å²) in [7, 11) is 1.52. The molecule has 0 fully saturated rings. The second-order valence-electron chi connectivity index (χ2n) is 4.33. The maximum atomic E-state index is 14.0. The molecule has 9 heteroatoms. The Morgan fingerprint density at radius 2 is 2.00 bits per heavy atom. The molecule has 0 aliphatic carbocycles. The van der Waals surface area contributed by atoms with Gasteiger partial charge in [0.05, 0.1) is 11.3 Å². The molecule has 2 aromatic rings. The van der Waals surface area contributed by atoms with E-state index in [1.54, 1.807) is 13.0 Å². The zero-order valence-corrected chi connectivity index (χ0v) is 14.0. The molecule has 1 aromatic carbocycles. The molecule has 1 aromatic heterocycles. The largest absolute Gasteiger partial charge is 0.398 e. The molecule has 0 saturated carbocycles. The smallest absolute Gasteiger partial charge is 0.248 e. The third-order valence-electron chi connectivity index (χ3n) is 2.60. The van der Waals surface area contributed by atoms with Crippen molar-refractivity contribution < 1.29 is 17.6 Å². The van der Waals surface area contributed by atoms with Gasteiger partial charge < -0.3 is 0 Å². The van der Waals surface area contributed by atoms with Crippen LogP contribution in [0.15, 0.2) is 17.3 Å². The Kier molecular flexibility index (Phi) is 4.81. The van der Waals surface area contributed by atoms with Crippen LogP contribution in [0, 0.1) is 16.3 Å². The first-order chi connectivity index (χ1) is 9.67. The van der Waals surface area contributed by atoms with Gasteiger partial charge in [-0.1, -0.05) is 11.8 Å². The lowest BCUT2D eigenvalue weighted by atomic mass is 10.1. The number of hydrogen-bond acceptors (Lipinski definition) is 3. The highest BCUT2D eigenvalue weighted by Gasteiger charge is 2.28. The fourth-order valence-corrected chi connectivity index (χ4v) is 2.71. The van der Waals surface area contributed by atoms with E-state index in [2.05, 4.69) is 32.7 Å². The van der Waals surface area contributed by atoms with Crippen LogP contribution in [-0.2, 0) is 7.05 Å². The summed E-state index contributed by atoms with van der Waals surface area (Å²) in [5.41, 5.74) is 1.00. The average molecular weight is 431 g/mol. The molecule has 3 nitrogen and oxygen atoms in total. The van der Waals surface area contributed by atoms with Gasteiger partial charge in [0, 0.05) is 10.6 Å². The van der Waals surface area contributed by atoms with Gasteiger partial charge in [-0.15, -0.1) is 5.10 Å². The Labute approximate surface area is 136 Å². The molecule has 0 bridgehead atoms. The van der Waals surface area contributed by atoms with Gasteiger partial charge >= 0.3 is 6.18 Å². The number of benzene rings is 1. The van der Waals surface area contributed by atoms with Crippen LogP contribution in [0.25, 0.3) is 11.4 Å². The van der Waals surface area contributed by atoms with Crippen LogP contribution in [0.1, 0.15) is 5.56 Å². The Morgan fingerprint density at radius 1 is 1.33 bits per heavy atom. The van der Waals surface area contributed by atoms with E-state index < -0.39 is 17.7 Å². The summed E-state index contributed by atoms with van der Waals surface area (Å²) in [5, 5.41) is 3.85. The Morgan fingerprint density at radius 3 is 2.62 bits per heavy atom. The van der Waals surface area contributed by atoms with E-state index in [1.807, 2.05) is 0 Å². The topological polar surface area (TPSA) is 30.7 Å². The third kappa shape index (κ3) is 4.09. The normalized spacial score (nSPS) is 12.0. The molecule has 1 heterocycles. The molecule has 0 N–H and O–H groups in total. The number of aromatic nitrogens is 3. The monoisotopic (exact) mass is 431 g/mol. The van der Waals surface area contributed by atoms with Crippen molar-refractivity contribution in [2.45, 2.75) is 18.3 Å². The van der Waals surface area contributed by atoms with Crippen molar-refractivity contribution in [3.05, 3.63) is 27.1 Å². The van der Waals surface area contributed by atoms with Crippen molar-refractivity contribution >= 4 is 34.4 Å². The summed E-state index contributed by atoms with van der Waals surface area (Å²) in [6.07, 6.45) is -4.30. The quantitative estimate of drug-likeness (QED) is 0.415. The lowest BCUT2D eigenvalue weighted by Gasteiger charge is -2.05. The zero-order valence-electron chi connectivity index (χ0n) is 11.0. The predicted molar refractivity (Wildman–Crippen MR) is 80.6 cm³/mol. The van der Waals surface area contributed by atoms with E-state index >= 15 is 0 Å². The number of rotatable bonds is 3. The maximum absolute atomic E-state index is 14.0. The van der Waals surface area contributed by atoms with E-state index in [0.717, 1.165) is 9.13 Å². The number of nitrogens with zero attached hydrogens (tertiary/aromatic N) is 3. The number of thioether (sulfide) groups is 1. The molecule has 0 radical (unpaired) electrons. The number of halogens is 5. The van der Waals surface area contributed by atoms with Crippen molar-refractivity contribution in [2.75, 3.05) is 5.75 Å². The lowest BCUT2D eigenvalue weighted by Crippen LogP contribution is -2.10. The summed E-state index contributed by atoms with van der Waals surface area (Å²) in [5.74, 6) is -1.35. The first kappa shape index (κ1) is 16.5. The summed E-state index contributed by atoms with van der Waals surface area (Å²) in [6.45, 7) is 1.77. The van der Waals surface area contributed by atoms with Gasteiger partial charge in [0.25, 0.3) is 0 Å². The summed E-state index contributed by atoms with van der Waals surface area (Å²) in [6, 6.07) is 2.97. The Hall–Kier alpha value is -0.840. The first-order valence-corrected chi connectivity index (χ1v) is 7.80. The molecule has 0 saturated heterocycles. The minimum Gasteiger partial charge on any atom is -0.248 e. The summed E-state index contributed by atoms with van der Waals surface area (Å²) >= 11 is 2.54. The van der Waals surface area contributed by atoms with Crippen LogP contribution in [0.2, 0.25) is 0 Å². The van der Waals surface area contributed by atoms with Gasteiger partial charge in [-0.05, 0) is 47.2 Å². The van der Waals surface area contributed by atoms with Crippen LogP contribution >= 0.6 is 34.4 Å². The fourth-order valence-electron chi connectivity index (χ4n) is 1.62. The molecule has 0 atom stereocenters. The van der Waals surface area contributed by atoms with Crippen LogP contribution in [0.5, 0.6) is 0 Å². The van der Waals surface area contributed by atoms with Crippen molar-refractivity contribution in [3.63, 3.8) is 0 Å². The van der Waals surface area contributed by atoms with Gasteiger partial charge in [0.15, 0.2) is 5.82 Å². The average Bonchev–Trinajstić information content (AvgIpc) is 2.72. The second-order valence-corrected chi connectivity index (χ2v) is 6.43. The molecular weight excluding hydrogens is 421 g/mol. The molecule has 0 aliphatic rings. The van der Waals surface area contributed by atoms with Crippen LogP contribution in [0.3, 0.4) is 0 Å². The third-order valence-corrected chi connectivity index (χ3v) is 4.66. The number of hydrogen-bond donors (Lipinski definition) is 0. The molecule has 21 heavy (non-hydrogen) atoms. The van der Waals surface area contributed by atoms with Gasteiger partial charge in [0.1, 0.15) is 5.82 Å². The van der Waals surface area contributed by atoms with Crippen molar-refractivity contribution in [1.29, 1.82) is 0 Å². The number of alkyl halides is 3. The van der Waals surface area contributed by atoms with Crippen molar-refractivity contribution in [3.8, 4) is 11.4 Å². The lowest BCUT2D eigenvalue weighted by molar-refractivity contribution is -0.105. The van der Waals surface area contributed by atoms with Crippen molar-refractivity contribution in [1.82, 2.24) is 14.8 Å². The Bertz CT molecular complexity index is 669. The zero-order chi connectivity index (χ0) is 15.8. The SMILES string of the molecule is Cc1cc(F)c(-c2nc(SCC(F)(F)F)nn2C)cc1I. The second kappa shape index (κ2) is 6.11. The molecule has 114 valence electrons. The number of aryl methyl sites for hydroxylation is 2. The minimum atomic E-state index is -4.30. The minimum absolute atomic E-state index is 0.0280. The van der Waals surface area contributed by atoms with E-state index in [0.29, 0.717) is 11.8 Å². The molecule has 0 amide bonds. The summed E-state index contributed by atoms with van der Waals surface area (Å²) in [4.78, 5) is 3.99. The molecule has 2 rings (SSSR count). The fraction of sp³-hybridized carbons (Fsp3) is 0.333. The molecule has 0 spiro atoms. The van der Waals surface area contributed by atoms with E-state index in [4.69, 9.17) is 0 Å². The Balaban J connectivity index is 2.33. The van der Waals surface area contributed by atoms with Gasteiger partial charge in [-0.3, -0.25) is 0 Å².